The maximum absolute atomic E-state index is 13.4. The number of benzene rings is 1. The van der Waals surface area contributed by atoms with Crippen molar-refractivity contribution in [2.45, 2.75) is 23.5 Å². The number of thiophene rings is 1. The predicted molar refractivity (Wildman–Crippen MR) is 129 cm³/mol. The van der Waals surface area contributed by atoms with Gasteiger partial charge in [-0.25, -0.2) is 8.42 Å². The molecule has 0 atom stereocenters. The van der Waals surface area contributed by atoms with Gasteiger partial charge in [-0.05, 0) is 48.3 Å². The number of ketones is 1. The van der Waals surface area contributed by atoms with Crippen LogP contribution in [-0.2, 0) is 10.0 Å². The summed E-state index contributed by atoms with van der Waals surface area (Å²) in [4.78, 5) is 32.5. The van der Waals surface area contributed by atoms with Crippen LogP contribution in [-0.4, -0.2) is 60.5 Å². The first kappa shape index (κ1) is 22.9. The molecule has 176 valence electrons. The lowest BCUT2D eigenvalue weighted by atomic mass is 9.78. The van der Waals surface area contributed by atoms with Gasteiger partial charge in [0.2, 0.25) is 0 Å². The van der Waals surface area contributed by atoms with Crippen molar-refractivity contribution in [3.8, 4) is 0 Å². The molecule has 34 heavy (non-hydrogen) atoms. The highest BCUT2D eigenvalue weighted by atomic mass is 32.2. The third kappa shape index (κ3) is 4.19. The van der Waals surface area contributed by atoms with Gasteiger partial charge in [0.05, 0.1) is 5.56 Å². The highest BCUT2D eigenvalue weighted by Gasteiger charge is 2.44. The molecule has 0 unspecified atom stereocenters. The predicted octanol–water partition coefficient (Wildman–Crippen LogP) is 3.69. The van der Waals surface area contributed by atoms with Crippen LogP contribution in [0.2, 0.25) is 0 Å². The van der Waals surface area contributed by atoms with E-state index >= 15 is 0 Å². The molecule has 0 radical (unpaired) electrons. The van der Waals surface area contributed by atoms with Crippen molar-refractivity contribution in [2.24, 2.45) is 5.41 Å². The van der Waals surface area contributed by atoms with Crippen LogP contribution < -0.4 is 0 Å². The van der Waals surface area contributed by atoms with E-state index < -0.39 is 10.0 Å². The number of hydrogen-bond donors (Lipinski definition) is 0. The standard InChI is InChI=1S/C25H25N3O4S2/c29-23(19-6-2-1-3-7-19)20-8-4-13-26-22(20)24(30)27-14-10-25(18-27)11-15-28(16-12-25)34(31,32)21-9-5-17-33-21/h1-9,13,17H,10-12,14-16,18H2. The zero-order valence-electron chi connectivity index (χ0n) is 18.6. The normalized spacial score (nSPS) is 18.3. The maximum Gasteiger partial charge on any atom is 0.273 e. The highest BCUT2D eigenvalue weighted by molar-refractivity contribution is 7.91. The number of aromatic nitrogens is 1. The monoisotopic (exact) mass is 495 g/mol. The third-order valence-corrected chi connectivity index (χ3v) is 10.2. The van der Waals surface area contributed by atoms with Crippen molar-refractivity contribution >= 4 is 33.1 Å². The molecule has 1 amide bonds. The number of piperidine rings is 1. The number of hydrogen-bond acceptors (Lipinski definition) is 6. The van der Waals surface area contributed by atoms with Crippen molar-refractivity contribution in [1.29, 1.82) is 0 Å². The first-order valence-corrected chi connectivity index (χ1v) is 13.6. The Morgan fingerprint density at radius 2 is 1.65 bits per heavy atom. The zero-order valence-corrected chi connectivity index (χ0v) is 20.2. The van der Waals surface area contributed by atoms with E-state index in [1.165, 1.54) is 17.5 Å². The van der Waals surface area contributed by atoms with Gasteiger partial charge in [0.15, 0.2) is 5.78 Å². The molecule has 0 aliphatic carbocycles. The van der Waals surface area contributed by atoms with Crippen LogP contribution in [0.25, 0.3) is 0 Å². The Bertz CT molecular complexity index is 1300. The molecule has 0 saturated carbocycles. The number of pyridine rings is 1. The summed E-state index contributed by atoms with van der Waals surface area (Å²) in [5.41, 5.74) is 0.888. The molecule has 0 N–H and O–H groups in total. The van der Waals surface area contributed by atoms with Crippen LogP contribution in [0.1, 0.15) is 45.7 Å². The Morgan fingerprint density at radius 3 is 2.35 bits per heavy atom. The Balaban J connectivity index is 1.29. The topological polar surface area (TPSA) is 87.7 Å². The van der Waals surface area contributed by atoms with Gasteiger partial charge in [-0.2, -0.15) is 4.31 Å². The summed E-state index contributed by atoms with van der Waals surface area (Å²) in [6, 6.07) is 15.6. The quantitative estimate of drug-likeness (QED) is 0.504. The molecule has 4 heterocycles. The first-order chi connectivity index (χ1) is 16.4. The Labute approximate surface area is 203 Å². The largest absolute Gasteiger partial charge is 0.337 e. The van der Waals surface area contributed by atoms with Crippen molar-refractivity contribution < 1.29 is 18.0 Å². The molecule has 2 aromatic heterocycles. The number of nitrogens with zero attached hydrogens (tertiary/aromatic N) is 3. The first-order valence-electron chi connectivity index (χ1n) is 11.3. The number of carbonyl (C=O) groups is 2. The summed E-state index contributed by atoms with van der Waals surface area (Å²) in [6.07, 6.45) is 3.77. The van der Waals surface area contributed by atoms with Gasteiger partial charge in [-0.3, -0.25) is 14.6 Å². The maximum atomic E-state index is 13.4. The molecule has 5 rings (SSSR count). The summed E-state index contributed by atoms with van der Waals surface area (Å²) in [5, 5.41) is 1.77. The van der Waals surface area contributed by atoms with Gasteiger partial charge in [-0.1, -0.05) is 36.4 Å². The smallest absolute Gasteiger partial charge is 0.273 e. The van der Waals surface area contributed by atoms with E-state index in [1.807, 2.05) is 6.07 Å². The summed E-state index contributed by atoms with van der Waals surface area (Å²) in [7, 11) is -3.46. The molecule has 1 aromatic carbocycles. The van der Waals surface area contributed by atoms with Crippen LogP contribution in [0.5, 0.6) is 0 Å². The van der Waals surface area contributed by atoms with Crippen molar-refractivity contribution in [3.63, 3.8) is 0 Å². The molecule has 0 bridgehead atoms. The fourth-order valence-corrected chi connectivity index (χ4v) is 7.49. The van der Waals surface area contributed by atoms with E-state index in [1.54, 1.807) is 63.1 Å². The van der Waals surface area contributed by atoms with E-state index in [0.29, 0.717) is 54.4 Å². The second-order valence-electron chi connectivity index (χ2n) is 8.91. The molecular weight excluding hydrogens is 470 g/mol. The summed E-state index contributed by atoms with van der Waals surface area (Å²) < 4.78 is 27.7. The van der Waals surface area contributed by atoms with E-state index in [4.69, 9.17) is 0 Å². The average Bonchev–Trinajstić information content (AvgIpc) is 3.56. The Morgan fingerprint density at radius 1 is 0.912 bits per heavy atom. The molecule has 2 fully saturated rings. The van der Waals surface area contributed by atoms with Crippen LogP contribution in [0.4, 0.5) is 0 Å². The van der Waals surface area contributed by atoms with Gasteiger partial charge in [0.25, 0.3) is 15.9 Å². The Hall–Kier alpha value is -2.88. The zero-order chi connectivity index (χ0) is 23.8. The van der Waals surface area contributed by atoms with E-state index in [0.717, 1.165) is 6.42 Å². The lowest BCUT2D eigenvalue weighted by Crippen LogP contribution is -2.44. The summed E-state index contributed by atoms with van der Waals surface area (Å²) in [6.45, 7) is 2.02. The number of amides is 1. The van der Waals surface area contributed by atoms with Crippen molar-refractivity contribution in [1.82, 2.24) is 14.2 Å². The third-order valence-electron chi connectivity index (χ3n) is 6.89. The van der Waals surface area contributed by atoms with Crippen molar-refractivity contribution in [3.05, 3.63) is 83.0 Å². The lowest BCUT2D eigenvalue weighted by molar-refractivity contribution is 0.0741. The summed E-state index contributed by atoms with van der Waals surface area (Å²) in [5.74, 6) is -0.469. The van der Waals surface area contributed by atoms with Crippen LogP contribution >= 0.6 is 11.3 Å². The second kappa shape index (κ2) is 9.05. The van der Waals surface area contributed by atoms with Gasteiger partial charge < -0.3 is 4.90 Å². The number of sulfonamides is 1. The minimum absolute atomic E-state index is 0.102. The van der Waals surface area contributed by atoms with E-state index in [-0.39, 0.29) is 22.8 Å². The minimum atomic E-state index is -3.46. The summed E-state index contributed by atoms with van der Waals surface area (Å²) >= 11 is 1.23. The lowest BCUT2D eigenvalue weighted by Gasteiger charge is -2.38. The van der Waals surface area contributed by atoms with Gasteiger partial charge in [0.1, 0.15) is 9.90 Å². The van der Waals surface area contributed by atoms with Gasteiger partial charge in [0, 0.05) is 37.9 Å². The molecule has 7 nitrogen and oxygen atoms in total. The highest BCUT2D eigenvalue weighted by Crippen LogP contribution is 2.42. The van der Waals surface area contributed by atoms with E-state index in [2.05, 4.69) is 4.98 Å². The van der Waals surface area contributed by atoms with E-state index in [9.17, 15) is 18.0 Å². The number of rotatable bonds is 5. The van der Waals surface area contributed by atoms with Gasteiger partial charge in [-0.15, -0.1) is 11.3 Å². The SMILES string of the molecule is O=C(c1ccccc1)c1cccnc1C(=O)N1CCC2(CCN(S(=O)(=O)c3cccs3)CC2)C1. The number of likely N-dealkylation sites (tertiary alicyclic amines) is 1. The fourth-order valence-electron chi connectivity index (χ4n) is 4.91. The van der Waals surface area contributed by atoms with Crippen LogP contribution in [0.3, 0.4) is 0 Å². The second-order valence-corrected chi connectivity index (χ2v) is 12.0. The molecule has 3 aromatic rings. The average molecular weight is 496 g/mol. The van der Waals surface area contributed by atoms with Crippen LogP contribution in [0.15, 0.2) is 70.4 Å². The molecule has 2 aliphatic heterocycles. The Kier molecular flexibility index (Phi) is 6.09. The number of carbonyl (C=O) groups excluding carboxylic acids is 2. The molecule has 2 aliphatic rings. The van der Waals surface area contributed by atoms with Crippen molar-refractivity contribution in [2.75, 3.05) is 26.2 Å². The molecule has 9 heteroatoms. The fraction of sp³-hybridized carbons (Fsp3) is 0.320. The minimum Gasteiger partial charge on any atom is -0.337 e. The van der Waals surface area contributed by atoms with Gasteiger partial charge >= 0.3 is 0 Å². The molecule has 1 spiro atoms. The molecule has 2 saturated heterocycles. The molecular formula is C25H25N3O4S2. The van der Waals surface area contributed by atoms with Crippen LogP contribution in [0, 0.1) is 5.41 Å².